The first kappa shape index (κ1) is 16.7. The monoisotopic (exact) mass is 336 g/mol. The third kappa shape index (κ3) is 4.22. The average Bonchev–Trinajstić information content (AvgIpc) is 3.15. The number of thioether (sulfide) groups is 1. The van der Waals surface area contributed by atoms with E-state index in [2.05, 4.69) is 21.8 Å². The van der Waals surface area contributed by atoms with Crippen LogP contribution < -0.4 is 5.32 Å². The molecule has 128 valence electrons. The summed E-state index contributed by atoms with van der Waals surface area (Å²) in [6, 6.07) is 0.114. The number of amides is 2. The highest BCUT2D eigenvalue weighted by atomic mass is 32.2. The number of carbonyl (C=O) groups excluding carboxylic acids is 1. The van der Waals surface area contributed by atoms with Crippen molar-refractivity contribution in [3.8, 4) is 0 Å². The number of nitrogens with zero attached hydrogens (tertiary/aromatic N) is 3. The van der Waals surface area contributed by atoms with Gasteiger partial charge in [-0.3, -0.25) is 0 Å². The summed E-state index contributed by atoms with van der Waals surface area (Å²) in [5, 5.41) is 3.17. The fourth-order valence-corrected chi connectivity index (χ4v) is 4.86. The van der Waals surface area contributed by atoms with Gasteiger partial charge in [0, 0.05) is 50.2 Å². The van der Waals surface area contributed by atoms with Crippen molar-refractivity contribution >= 4 is 17.8 Å². The van der Waals surface area contributed by atoms with Gasteiger partial charge in [0.25, 0.3) is 0 Å². The standard InChI is InChI=1S/C17H28N4OS/c1-17(6-4-10-23-17)13-19-16(22)21-8-3-5-14(12-21)11-15-18-7-9-20(15)2/h7,9,14H,3-6,8,10-13H2,1-2H3,(H,19,22)/t14-,17-/m0/s1. The van der Waals surface area contributed by atoms with Crippen LogP contribution in [0, 0.1) is 5.92 Å². The molecule has 0 saturated carbocycles. The molecule has 23 heavy (non-hydrogen) atoms. The van der Waals surface area contributed by atoms with Crippen LogP contribution in [0.5, 0.6) is 0 Å². The number of imidazole rings is 1. The first-order valence-corrected chi connectivity index (χ1v) is 9.67. The lowest BCUT2D eigenvalue weighted by molar-refractivity contribution is 0.163. The summed E-state index contributed by atoms with van der Waals surface area (Å²) in [6.45, 7) is 4.79. The van der Waals surface area contributed by atoms with Gasteiger partial charge < -0.3 is 14.8 Å². The van der Waals surface area contributed by atoms with Crippen molar-refractivity contribution in [2.24, 2.45) is 13.0 Å². The van der Waals surface area contributed by atoms with Crippen LogP contribution >= 0.6 is 11.8 Å². The van der Waals surface area contributed by atoms with Crippen molar-refractivity contribution in [3.05, 3.63) is 18.2 Å². The van der Waals surface area contributed by atoms with E-state index < -0.39 is 0 Å². The number of aryl methyl sites for hydroxylation is 1. The van der Waals surface area contributed by atoms with Gasteiger partial charge in [-0.25, -0.2) is 9.78 Å². The van der Waals surface area contributed by atoms with E-state index in [1.807, 2.05) is 36.1 Å². The lowest BCUT2D eigenvalue weighted by atomic mass is 9.94. The number of hydrogen-bond acceptors (Lipinski definition) is 3. The summed E-state index contributed by atoms with van der Waals surface area (Å²) in [7, 11) is 2.04. The number of rotatable bonds is 4. The zero-order chi connectivity index (χ0) is 16.3. The molecule has 0 bridgehead atoms. The molecule has 2 amide bonds. The van der Waals surface area contributed by atoms with Gasteiger partial charge in [-0.15, -0.1) is 0 Å². The number of hydrogen-bond donors (Lipinski definition) is 1. The summed E-state index contributed by atoms with van der Waals surface area (Å²) in [6.07, 6.45) is 9.55. The number of aromatic nitrogens is 2. The topological polar surface area (TPSA) is 50.2 Å². The van der Waals surface area contributed by atoms with Crippen LogP contribution in [-0.4, -0.2) is 50.6 Å². The molecular formula is C17H28N4OS. The van der Waals surface area contributed by atoms with Crippen LogP contribution in [0.2, 0.25) is 0 Å². The summed E-state index contributed by atoms with van der Waals surface area (Å²) in [5.41, 5.74) is 0. The third-order valence-corrected chi connectivity index (χ3v) is 6.65. The Morgan fingerprint density at radius 1 is 1.52 bits per heavy atom. The lowest BCUT2D eigenvalue weighted by Crippen LogP contribution is -2.48. The molecule has 0 aliphatic carbocycles. The quantitative estimate of drug-likeness (QED) is 0.920. The maximum atomic E-state index is 12.5. The Balaban J connectivity index is 1.49. The Bertz CT molecular complexity index is 538. The highest BCUT2D eigenvalue weighted by Crippen LogP contribution is 2.37. The summed E-state index contributed by atoms with van der Waals surface area (Å²) >= 11 is 1.99. The highest BCUT2D eigenvalue weighted by molar-refractivity contribution is 8.00. The lowest BCUT2D eigenvalue weighted by Gasteiger charge is -2.34. The second-order valence-corrected chi connectivity index (χ2v) is 8.86. The molecule has 6 heteroatoms. The van der Waals surface area contributed by atoms with Gasteiger partial charge in [-0.1, -0.05) is 0 Å². The molecule has 3 heterocycles. The summed E-state index contributed by atoms with van der Waals surface area (Å²) in [5.74, 6) is 2.86. The maximum Gasteiger partial charge on any atom is 0.317 e. The van der Waals surface area contributed by atoms with E-state index in [-0.39, 0.29) is 10.8 Å². The number of urea groups is 1. The van der Waals surface area contributed by atoms with Gasteiger partial charge in [0.2, 0.25) is 0 Å². The van der Waals surface area contributed by atoms with E-state index in [1.165, 1.54) is 25.0 Å². The number of piperidine rings is 1. The molecular weight excluding hydrogens is 308 g/mol. The van der Waals surface area contributed by atoms with Crippen LogP contribution in [0.4, 0.5) is 4.79 Å². The van der Waals surface area contributed by atoms with Gasteiger partial charge in [0.05, 0.1) is 0 Å². The predicted octanol–water partition coefficient (Wildman–Crippen LogP) is 2.67. The molecule has 1 aromatic rings. The van der Waals surface area contributed by atoms with E-state index in [4.69, 9.17) is 0 Å². The van der Waals surface area contributed by atoms with Crippen molar-refractivity contribution in [1.82, 2.24) is 19.8 Å². The predicted molar refractivity (Wildman–Crippen MR) is 94.7 cm³/mol. The van der Waals surface area contributed by atoms with Gasteiger partial charge in [0.1, 0.15) is 5.82 Å². The van der Waals surface area contributed by atoms with Crippen LogP contribution in [0.15, 0.2) is 12.4 Å². The molecule has 3 rings (SSSR count). The third-order valence-electron chi connectivity index (χ3n) is 5.11. The molecule has 0 radical (unpaired) electrons. The van der Waals surface area contributed by atoms with Crippen molar-refractivity contribution in [3.63, 3.8) is 0 Å². The van der Waals surface area contributed by atoms with Crippen LogP contribution in [0.1, 0.15) is 38.4 Å². The molecule has 5 nitrogen and oxygen atoms in total. The van der Waals surface area contributed by atoms with E-state index in [1.54, 1.807) is 0 Å². The van der Waals surface area contributed by atoms with Gasteiger partial charge in [-0.05, 0) is 44.3 Å². The van der Waals surface area contributed by atoms with Crippen LogP contribution in [0.25, 0.3) is 0 Å². The first-order chi connectivity index (χ1) is 11.1. The van der Waals surface area contributed by atoms with Crippen molar-refractivity contribution < 1.29 is 4.79 Å². The first-order valence-electron chi connectivity index (χ1n) is 8.69. The molecule has 0 unspecified atom stereocenters. The Labute approximate surface area is 143 Å². The van der Waals surface area contributed by atoms with E-state index in [9.17, 15) is 4.79 Å². The highest BCUT2D eigenvalue weighted by Gasteiger charge is 2.31. The SMILES string of the molecule is Cn1ccnc1C[C@@H]1CCCN(C(=O)NC[C@]2(C)CCCS2)C1. The van der Waals surface area contributed by atoms with Gasteiger partial charge in [-0.2, -0.15) is 11.8 Å². The molecule has 2 fully saturated rings. The van der Waals surface area contributed by atoms with Crippen LogP contribution in [0.3, 0.4) is 0 Å². The van der Waals surface area contributed by atoms with Crippen molar-refractivity contribution in [1.29, 1.82) is 0 Å². The van der Waals surface area contributed by atoms with Gasteiger partial charge >= 0.3 is 6.03 Å². The second-order valence-electron chi connectivity index (χ2n) is 7.17. The van der Waals surface area contributed by atoms with E-state index >= 15 is 0 Å². The zero-order valence-electron chi connectivity index (χ0n) is 14.3. The molecule has 1 aromatic heterocycles. The van der Waals surface area contributed by atoms with E-state index in [0.29, 0.717) is 5.92 Å². The Kier molecular flexibility index (Phi) is 5.19. The van der Waals surface area contributed by atoms with Gasteiger partial charge in [0.15, 0.2) is 0 Å². The fraction of sp³-hybridized carbons (Fsp3) is 0.765. The Morgan fingerprint density at radius 3 is 3.09 bits per heavy atom. The van der Waals surface area contributed by atoms with Crippen molar-refractivity contribution in [2.75, 3.05) is 25.4 Å². The van der Waals surface area contributed by atoms with Crippen molar-refractivity contribution in [2.45, 2.75) is 43.8 Å². The molecule has 0 aromatic carbocycles. The normalized spacial score (nSPS) is 28.1. The largest absolute Gasteiger partial charge is 0.338 e. The molecule has 2 aliphatic heterocycles. The maximum absolute atomic E-state index is 12.5. The second kappa shape index (κ2) is 7.16. The minimum absolute atomic E-state index is 0.114. The van der Waals surface area contributed by atoms with E-state index in [0.717, 1.165) is 38.3 Å². The fourth-order valence-electron chi connectivity index (χ4n) is 3.62. The number of nitrogens with one attached hydrogen (secondary N) is 1. The number of carbonyl (C=O) groups is 1. The smallest absolute Gasteiger partial charge is 0.317 e. The number of likely N-dealkylation sites (tertiary alicyclic amines) is 1. The summed E-state index contributed by atoms with van der Waals surface area (Å²) in [4.78, 5) is 18.9. The molecule has 2 atom stereocenters. The molecule has 2 saturated heterocycles. The summed E-state index contributed by atoms with van der Waals surface area (Å²) < 4.78 is 2.31. The average molecular weight is 337 g/mol. The molecule has 0 spiro atoms. The Hall–Kier alpha value is -1.17. The minimum atomic E-state index is 0.114. The Morgan fingerprint density at radius 2 is 2.39 bits per heavy atom. The molecule has 2 aliphatic rings. The molecule has 1 N–H and O–H groups in total. The zero-order valence-corrected chi connectivity index (χ0v) is 15.1. The minimum Gasteiger partial charge on any atom is -0.338 e. The van der Waals surface area contributed by atoms with Crippen LogP contribution in [-0.2, 0) is 13.5 Å².